The molecule has 0 unspecified atom stereocenters. The number of benzene rings is 3. The van der Waals surface area contributed by atoms with Crippen LogP contribution in [0.2, 0.25) is 5.02 Å². The van der Waals surface area contributed by atoms with E-state index in [1.165, 1.54) is 4.90 Å². The van der Waals surface area contributed by atoms with Crippen molar-refractivity contribution in [2.24, 2.45) is 0 Å². The fraction of sp³-hybridized carbons (Fsp3) is 0.182. The van der Waals surface area contributed by atoms with Gasteiger partial charge in [-0.1, -0.05) is 54.1 Å². The zero-order valence-corrected chi connectivity index (χ0v) is 16.1. The van der Waals surface area contributed by atoms with E-state index in [2.05, 4.69) is 5.32 Å². The first kappa shape index (κ1) is 18.3. The quantitative estimate of drug-likeness (QED) is 0.655. The normalized spacial score (nSPS) is 19.1. The summed E-state index contributed by atoms with van der Waals surface area (Å²) in [6, 6.07) is 20.1. The van der Waals surface area contributed by atoms with Crippen molar-refractivity contribution in [2.75, 3.05) is 13.2 Å². The molecule has 1 aliphatic heterocycles. The minimum absolute atomic E-state index is 0.160. The van der Waals surface area contributed by atoms with Crippen molar-refractivity contribution in [3.8, 4) is 5.75 Å². The molecule has 4 rings (SSSR count). The number of carbonyl (C=O) groups excluding carboxylic acids is 2. The number of carbonyl (C=O) groups is 2. The number of hydrogen-bond acceptors (Lipinski definition) is 3. The number of imide groups is 1. The lowest BCUT2D eigenvalue weighted by atomic mass is 9.88. The number of halogens is 1. The molecule has 5 nitrogen and oxygen atoms in total. The van der Waals surface area contributed by atoms with Gasteiger partial charge in [-0.3, -0.25) is 9.69 Å². The molecule has 28 heavy (non-hydrogen) atoms. The van der Waals surface area contributed by atoms with Gasteiger partial charge in [-0.2, -0.15) is 0 Å². The number of hydrogen-bond donors (Lipinski definition) is 1. The van der Waals surface area contributed by atoms with Gasteiger partial charge in [0.05, 0.1) is 6.54 Å². The standard InChI is InChI=1S/C22H19ClN2O3/c1-22(19-8-4-6-15-5-2-3-7-18(15)19)20(26)25(21(27)24-22)13-14-28-17-11-9-16(23)10-12-17/h2-12H,13-14H2,1H3,(H,24,27)/t22-/m0/s1. The van der Waals surface area contributed by atoms with Crippen molar-refractivity contribution in [3.05, 3.63) is 77.3 Å². The number of nitrogens with one attached hydrogen (secondary N) is 1. The molecule has 0 saturated carbocycles. The van der Waals surface area contributed by atoms with Crippen LogP contribution in [0, 0.1) is 0 Å². The van der Waals surface area contributed by atoms with Gasteiger partial charge in [0.2, 0.25) is 0 Å². The highest BCUT2D eigenvalue weighted by molar-refractivity contribution is 6.30. The monoisotopic (exact) mass is 394 g/mol. The Morgan fingerprint density at radius 2 is 1.71 bits per heavy atom. The molecule has 0 aromatic heterocycles. The first-order valence-electron chi connectivity index (χ1n) is 9.00. The van der Waals surface area contributed by atoms with Crippen LogP contribution < -0.4 is 10.1 Å². The van der Waals surface area contributed by atoms with Crippen molar-refractivity contribution in [1.82, 2.24) is 10.2 Å². The minimum Gasteiger partial charge on any atom is -0.492 e. The van der Waals surface area contributed by atoms with Crippen LogP contribution in [0.3, 0.4) is 0 Å². The summed E-state index contributed by atoms with van der Waals surface area (Å²) < 4.78 is 5.63. The van der Waals surface area contributed by atoms with Crippen LogP contribution in [-0.4, -0.2) is 30.0 Å². The highest BCUT2D eigenvalue weighted by Crippen LogP contribution is 2.33. The van der Waals surface area contributed by atoms with E-state index < -0.39 is 11.6 Å². The predicted octanol–water partition coefficient (Wildman–Crippen LogP) is 4.34. The summed E-state index contributed by atoms with van der Waals surface area (Å²) in [5.74, 6) is 0.349. The summed E-state index contributed by atoms with van der Waals surface area (Å²) in [4.78, 5) is 26.9. The molecule has 0 spiro atoms. The van der Waals surface area contributed by atoms with Gasteiger partial charge in [0.1, 0.15) is 17.9 Å². The van der Waals surface area contributed by atoms with Crippen LogP contribution in [0.4, 0.5) is 4.79 Å². The van der Waals surface area contributed by atoms with Crippen LogP contribution >= 0.6 is 11.6 Å². The first-order chi connectivity index (χ1) is 13.5. The SMILES string of the molecule is C[C@@]1(c2cccc3ccccc23)NC(=O)N(CCOc2ccc(Cl)cc2)C1=O. The average Bonchev–Trinajstić information content (AvgIpc) is 2.92. The van der Waals surface area contributed by atoms with Crippen molar-refractivity contribution < 1.29 is 14.3 Å². The molecule has 142 valence electrons. The van der Waals surface area contributed by atoms with Gasteiger partial charge >= 0.3 is 6.03 Å². The largest absolute Gasteiger partial charge is 0.492 e. The van der Waals surface area contributed by atoms with Crippen molar-refractivity contribution in [2.45, 2.75) is 12.5 Å². The summed E-state index contributed by atoms with van der Waals surface area (Å²) in [5.41, 5.74) is -0.330. The fourth-order valence-corrected chi connectivity index (χ4v) is 3.66. The van der Waals surface area contributed by atoms with E-state index in [4.69, 9.17) is 16.3 Å². The zero-order chi connectivity index (χ0) is 19.7. The number of ether oxygens (including phenoxy) is 1. The Bertz CT molecular complexity index is 1050. The maximum Gasteiger partial charge on any atom is 0.325 e. The summed E-state index contributed by atoms with van der Waals surface area (Å²) in [6.45, 7) is 2.11. The zero-order valence-electron chi connectivity index (χ0n) is 15.3. The maximum atomic E-state index is 13.1. The van der Waals surface area contributed by atoms with Crippen LogP contribution in [0.5, 0.6) is 5.75 Å². The third-order valence-electron chi connectivity index (χ3n) is 5.00. The first-order valence-corrected chi connectivity index (χ1v) is 9.37. The van der Waals surface area contributed by atoms with Gasteiger partial charge in [-0.25, -0.2) is 4.79 Å². The Balaban J connectivity index is 1.53. The number of fused-ring (bicyclic) bond motifs is 1. The molecule has 3 amide bonds. The van der Waals surface area contributed by atoms with Gasteiger partial charge in [-0.05, 0) is 47.5 Å². The fourth-order valence-electron chi connectivity index (χ4n) is 3.53. The predicted molar refractivity (Wildman–Crippen MR) is 108 cm³/mol. The summed E-state index contributed by atoms with van der Waals surface area (Å²) >= 11 is 5.86. The molecular formula is C22H19ClN2O3. The highest BCUT2D eigenvalue weighted by atomic mass is 35.5. The smallest absolute Gasteiger partial charge is 0.325 e. The molecule has 3 aromatic carbocycles. The molecule has 1 aliphatic rings. The van der Waals surface area contributed by atoms with Gasteiger partial charge in [0, 0.05) is 5.02 Å². The Labute approximate surface area is 167 Å². The van der Waals surface area contributed by atoms with E-state index in [-0.39, 0.29) is 19.1 Å². The Kier molecular flexibility index (Phi) is 4.69. The molecular weight excluding hydrogens is 376 g/mol. The number of urea groups is 1. The average molecular weight is 395 g/mol. The van der Waals surface area contributed by atoms with Gasteiger partial charge in [0.25, 0.3) is 5.91 Å². The number of amides is 3. The van der Waals surface area contributed by atoms with Crippen molar-refractivity contribution >= 4 is 34.3 Å². The topological polar surface area (TPSA) is 58.6 Å². The third-order valence-corrected chi connectivity index (χ3v) is 5.25. The second kappa shape index (κ2) is 7.17. The maximum absolute atomic E-state index is 13.1. The van der Waals surface area contributed by atoms with Crippen LogP contribution in [-0.2, 0) is 10.3 Å². The molecule has 0 radical (unpaired) electrons. The molecule has 1 fully saturated rings. The molecule has 0 aliphatic carbocycles. The lowest BCUT2D eigenvalue weighted by Gasteiger charge is -2.24. The third kappa shape index (κ3) is 3.18. The Morgan fingerprint density at radius 1 is 1.00 bits per heavy atom. The minimum atomic E-state index is -1.11. The Hall–Kier alpha value is -3.05. The van der Waals surface area contributed by atoms with E-state index in [1.807, 2.05) is 42.5 Å². The molecule has 3 aromatic rings. The second-order valence-electron chi connectivity index (χ2n) is 6.84. The molecule has 1 heterocycles. The molecule has 0 bridgehead atoms. The van der Waals surface area contributed by atoms with Gasteiger partial charge in [0.15, 0.2) is 0 Å². The number of rotatable bonds is 5. The lowest BCUT2D eigenvalue weighted by Crippen LogP contribution is -2.41. The molecule has 1 saturated heterocycles. The summed E-state index contributed by atoms with van der Waals surface area (Å²) in [5, 5.41) is 5.44. The van der Waals surface area contributed by atoms with E-state index in [0.29, 0.717) is 10.8 Å². The summed E-state index contributed by atoms with van der Waals surface area (Å²) in [7, 11) is 0. The van der Waals surface area contributed by atoms with Gasteiger partial charge < -0.3 is 10.1 Å². The van der Waals surface area contributed by atoms with Crippen LogP contribution in [0.25, 0.3) is 10.8 Å². The lowest BCUT2D eigenvalue weighted by molar-refractivity contribution is -0.131. The Morgan fingerprint density at radius 3 is 2.50 bits per heavy atom. The second-order valence-corrected chi connectivity index (χ2v) is 7.28. The van der Waals surface area contributed by atoms with Crippen LogP contribution in [0.15, 0.2) is 66.7 Å². The van der Waals surface area contributed by atoms with E-state index in [0.717, 1.165) is 16.3 Å². The van der Waals surface area contributed by atoms with Gasteiger partial charge in [-0.15, -0.1) is 0 Å². The van der Waals surface area contributed by atoms with Crippen molar-refractivity contribution in [3.63, 3.8) is 0 Å². The highest BCUT2D eigenvalue weighted by Gasteiger charge is 2.49. The van der Waals surface area contributed by atoms with Crippen molar-refractivity contribution in [1.29, 1.82) is 0 Å². The van der Waals surface area contributed by atoms with Crippen LogP contribution in [0.1, 0.15) is 12.5 Å². The molecule has 1 atom stereocenters. The van der Waals surface area contributed by atoms with E-state index in [1.54, 1.807) is 31.2 Å². The number of nitrogens with zero attached hydrogens (tertiary/aromatic N) is 1. The summed E-state index contributed by atoms with van der Waals surface area (Å²) in [6.07, 6.45) is 0. The molecule has 6 heteroatoms. The van der Waals surface area contributed by atoms with E-state index in [9.17, 15) is 9.59 Å². The molecule has 1 N–H and O–H groups in total. The van der Waals surface area contributed by atoms with E-state index >= 15 is 0 Å².